The Balaban J connectivity index is 1.35. The van der Waals surface area contributed by atoms with Crippen molar-refractivity contribution in [3.8, 4) is 5.88 Å². The molecule has 134 valence electrons. The van der Waals surface area contributed by atoms with Crippen LogP contribution in [0.3, 0.4) is 0 Å². The fourth-order valence-corrected chi connectivity index (χ4v) is 3.23. The van der Waals surface area contributed by atoms with Crippen LogP contribution >= 0.6 is 0 Å². The summed E-state index contributed by atoms with van der Waals surface area (Å²) in [5.41, 5.74) is 2.21. The van der Waals surface area contributed by atoms with E-state index in [0.717, 1.165) is 31.6 Å². The Kier molecular flexibility index (Phi) is 4.49. The SMILES string of the molecule is COc1ccc(CN2CCC(NC(=O)c3cnn4cccnc34)C2)cn1. The van der Waals surface area contributed by atoms with E-state index in [2.05, 4.69) is 25.3 Å². The zero-order valence-electron chi connectivity index (χ0n) is 14.5. The second-order valence-electron chi connectivity index (χ2n) is 6.35. The largest absolute Gasteiger partial charge is 0.481 e. The fraction of sp³-hybridized carbons (Fsp3) is 0.333. The van der Waals surface area contributed by atoms with Gasteiger partial charge in [-0.15, -0.1) is 0 Å². The van der Waals surface area contributed by atoms with Crippen LogP contribution in [0.4, 0.5) is 0 Å². The summed E-state index contributed by atoms with van der Waals surface area (Å²) >= 11 is 0. The summed E-state index contributed by atoms with van der Waals surface area (Å²) in [6.07, 6.45) is 7.75. The number of likely N-dealkylation sites (tertiary alicyclic amines) is 1. The van der Waals surface area contributed by atoms with Gasteiger partial charge in [0, 0.05) is 50.3 Å². The van der Waals surface area contributed by atoms with Crippen molar-refractivity contribution in [3.05, 3.63) is 54.1 Å². The van der Waals surface area contributed by atoms with Crippen LogP contribution in [0, 0.1) is 0 Å². The molecule has 1 saturated heterocycles. The van der Waals surface area contributed by atoms with Crippen molar-refractivity contribution >= 4 is 11.6 Å². The van der Waals surface area contributed by atoms with E-state index in [-0.39, 0.29) is 11.9 Å². The van der Waals surface area contributed by atoms with E-state index < -0.39 is 0 Å². The van der Waals surface area contributed by atoms with E-state index in [1.165, 1.54) is 0 Å². The number of hydrogen-bond acceptors (Lipinski definition) is 6. The molecule has 0 aliphatic carbocycles. The minimum Gasteiger partial charge on any atom is -0.481 e. The Morgan fingerprint density at radius 1 is 1.35 bits per heavy atom. The molecule has 0 spiro atoms. The molecular formula is C18H20N6O2. The summed E-state index contributed by atoms with van der Waals surface area (Å²) in [6.45, 7) is 2.55. The molecule has 4 rings (SSSR count). The molecule has 1 N–H and O–H groups in total. The second kappa shape index (κ2) is 7.09. The van der Waals surface area contributed by atoms with Gasteiger partial charge in [-0.25, -0.2) is 14.5 Å². The van der Waals surface area contributed by atoms with Crippen molar-refractivity contribution < 1.29 is 9.53 Å². The molecule has 1 fully saturated rings. The van der Waals surface area contributed by atoms with Gasteiger partial charge in [-0.2, -0.15) is 5.10 Å². The van der Waals surface area contributed by atoms with Gasteiger partial charge in [0.2, 0.25) is 5.88 Å². The van der Waals surface area contributed by atoms with Gasteiger partial charge in [-0.3, -0.25) is 9.69 Å². The first-order chi connectivity index (χ1) is 12.7. The van der Waals surface area contributed by atoms with Gasteiger partial charge in [-0.05, 0) is 18.1 Å². The van der Waals surface area contributed by atoms with Crippen molar-refractivity contribution in [2.45, 2.75) is 19.0 Å². The molecule has 4 heterocycles. The molecule has 0 saturated carbocycles. The molecule has 8 nitrogen and oxygen atoms in total. The molecule has 1 amide bonds. The summed E-state index contributed by atoms with van der Waals surface area (Å²) in [4.78, 5) is 23.3. The summed E-state index contributed by atoms with van der Waals surface area (Å²) in [5.74, 6) is 0.485. The minimum absolute atomic E-state index is 0.118. The molecule has 0 bridgehead atoms. The van der Waals surface area contributed by atoms with Crippen LogP contribution in [0.5, 0.6) is 5.88 Å². The Morgan fingerprint density at radius 2 is 2.27 bits per heavy atom. The number of amides is 1. The molecule has 8 heteroatoms. The van der Waals surface area contributed by atoms with Crippen molar-refractivity contribution in [1.29, 1.82) is 0 Å². The third-order valence-corrected chi connectivity index (χ3v) is 4.54. The van der Waals surface area contributed by atoms with E-state index in [4.69, 9.17) is 4.74 Å². The van der Waals surface area contributed by atoms with Crippen molar-refractivity contribution in [2.24, 2.45) is 0 Å². The van der Waals surface area contributed by atoms with E-state index in [0.29, 0.717) is 17.1 Å². The number of aromatic nitrogens is 4. The van der Waals surface area contributed by atoms with Gasteiger partial charge in [0.25, 0.3) is 5.91 Å². The third kappa shape index (κ3) is 3.36. The van der Waals surface area contributed by atoms with Crippen molar-refractivity contribution in [3.63, 3.8) is 0 Å². The first-order valence-electron chi connectivity index (χ1n) is 8.53. The van der Waals surface area contributed by atoms with Crippen LogP contribution in [-0.4, -0.2) is 56.6 Å². The fourth-order valence-electron chi connectivity index (χ4n) is 3.23. The van der Waals surface area contributed by atoms with E-state index in [1.54, 1.807) is 36.3 Å². The van der Waals surface area contributed by atoms with E-state index in [9.17, 15) is 4.79 Å². The standard InChI is InChI=1S/C18H20N6O2/c1-26-16-4-3-13(9-20-16)11-23-8-5-14(12-23)22-18(25)15-10-21-24-7-2-6-19-17(15)24/h2-4,6-7,9-10,14H,5,8,11-12H2,1H3,(H,22,25). The highest BCUT2D eigenvalue weighted by atomic mass is 16.5. The molecule has 3 aromatic rings. The monoisotopic (exact) mass is 352 g/mol. The zero-order valence-corrected chi connectivity index (χ0v) is 14.5. The lowest BCUT2D eigenvalue weighted by Gasteiger charge is -2.16. The van der Waals surface area contributed by atoms with Gasteiger partial charge in [0.15, 0.2) is 5.65 Å². The highest BCUT2D eigenvalue weighted by Gasteiger charge is 2.25. The quantitative estimate of drug-likeness (QED) is 0.741. The molecule has 0 aromatic carbocycles. The Hall–Kier alpha value is -3.00. The lowest BCUT2D eigenvalue weighted by Crippen LogP contribution is -2.37. The molecule has 0 radical (unpaired) electrons. The Bertz CT molecular complexity index is 907. The number of pyridine rings is 1. The first kappa shape index (κ1) is 16.5. The number of carbonyl (C=O) groups excluding carboxylic acids is 1. The zero-order chi connectivity index (χ0) is 17.9. The maximum Gasteiger partial charge on any atom is 0.257 e. The van der Waals surface area contributed by atoms with Crippen LogP contribution in [0.2, 0.25) is 0 Å². The molecule has 1 atom stereocenters. The maximum atomic E-state index is 12.6. The number of nitrogens with zero attached hydrogens (tertiary/aromatic N) is 5. The van der Waals surface area contributed by atoms with Gasteiger partial charge in [0.1, 0.15) is 5.56 Å². The van der Waals surface area contributed by atoms with Crippen LogP contribution in [-0.2, 0) is 6.54 Å². The van der Waals surface area contributed by atoms with E-state index in [1.807, 2.05) is 18.3 Å². The van der Waals surface area contributed by atoms with Crippen molar-refractivity contribution in [2.75, 3.05) is 20.2 Å². The molecule has 26 heavy (non-hydrogen) atoms. The number of carbonyl (C=O) groups is 1. The lowest BCUT2D eigenvalue weighted by molar-refractivity contribution is 0.0939. The number of methoxy groups -OCH3 is 1. The highest BCUT2D eigenvalue weighted by Crippen LogP contribution is 2.16. The summed E-state index contributed by atoms with van der Waals surface area (Å²) < 4.78 is 6.69. The van der Waals surface area contributed by atoms with Crippen LogP contribution < -0.4 is 10.1 Å². The third-order valence-electron chi connectivity index (χ3n) is 4.54. The molecule has 1 aliphatic rings. The molecule has 1 aliphatic heterocycles. The number of fused-ring (bicyclic) bond motifs is 1. The summed E-state index contributed by atoms with van der Waals surface area (Å²) in [6, 6.07) is 5.78. The average molecular weight is 352 g/mol. The molecule has 3 aromatic heterocycles. The Labute approximate surface area is 150 Å². The van der Waals surface area contributed by atoms with E-state index >= 15 is 0 Å². The highest BCUT2D eigenvalue weighted by molar-refractivity contribution is 5.99. The maximum absolute atomic E-state index is 12.6. The topological polar surface area (TPSA) is 84.7 Å². The average Bonchev–Trinajstić information content (AvgIpc) is 3.29. The number of rotatable bonds is 5. The first-order valence-corrected chi connectivity index (χ1v) is 8.53. The Morgan fingerprint density at radius 3 is 3.08 bits per heavy atom. The summed E-state index contributed by atoms with van der Waals surface area (Å²) in [5, 5.41) is 7.26. The van der Waals surface area contributed by atoms with Gasteiger partial charge in [0.05, 0.1) is 13.3 Å². The molecule has 1 unspecified atom stereocenters. The number of hydrogen-bond donors (Lipinski definition) is 1. The lowest BCUT2D eigenvalue weighted by atomic mass is 10.2. The van der Waals surface area contributed by atoms with Crippen molar-refractivity contribution in [1.82, 2.24) is 29.8 Å². The number of nitrogens with one attached hydrogen (secondary N) is 1. The predicted octanol–water partition coefficient (Wildman–Crippen LogP) is 1.14. The normalized spacial score (nSPS) is 17.5. The summed E-state index contributed by atoms with van der Waals surface area (Å²) in [7, 11) is 1.61. The second-order valence-corrected chi connectivity index (χ2v) is 6.35. The van der Waals surface area contributed by atoms with Gasteiger partial charge < -0.3 is 10.1 Å². The van der Waals surface area contributed by atoms with Gasteiger partial charge >= 0.3 is 0 Å². The van der Waals surface area contributed by atoms with Crippen LogP contribution in [0.25, 0.3) is 5.65 Å². The molecular weight excluding hydrogens is 332 g/mol. The predicted molar refractivity (Wildman–Crippen MR) is 94.9 cm³/mol. The number of ether oxygens (including phenoxy) is 1. The minimum atomic E-state index is -0.128. The van der Waals surface area contributed by atoms with Crippen LogP contribution in [0.1, 0.15) is 22.3 Å². The smallest absolute Gasteiger partial charge is 0.257 e. The van der Waals surface area contributed by atoms with Gasteiger partial charge in [-0.1, -0.05) is 6.07 Å². The van der Waals surface area contributed by atoms with Crippen LogP contribution in [0.15, 0.2) is 43.0 Å².